The highest BCUT2D eigenvalue weighted by atomic mass is 16.4. The van der Waals surface area contributed by atoms with E-state index in [1.807, 2.05) is 0 Å². The van der Waals surface area contributed by atoms with Crippen molar-refractivity contribution in [2.45, 2.75) is 6.42 Å². The van der Waals surface area contributed by atoms with E-state index >= 15 is 0 Å². The van der Waals surface area contributed by atoms with Gasteiger partial charge in [0.15, 0.2) is 0 Å². The Labute approximate surface area is 81.8 Å². The molecule has 0 aliphatic rings. The number of benzene rings is 1. The number of rotatable bonds is 3. The normalized spacial score (nSPS) is 9.71. The summed E-state index contributed by atoms with van der Waals surface area (Å²) in [4.78, 5) is 10.5. The van der Waals surface area contributed by atoms with Gasteiger partial charge in [-0.2, -0.15) is 0 Å². The van der Waals surface area contributed by atoms with Crippen LogP contribution in [-0.4, -0.2) is 11.1 Å². The van der Waals surface area contributed by atoms with Gasteiger partial charge in [-0.15, -0.1) is 0 Å². The maximum absolute atomic E-state index is 10.5. The summed E-state index contributed by atoms with van der Waals surface area (Å²) >= 11 is 0. The van der Waals surface area contributed by atoms with Crippen LogP contribution in [0.4, 0.5) is 11.4 Å². The van der Waals surface area contributed by atoms with E-state index in [9.17, 15) is 4.79 Å². The maximum Gasteiger partial charge on any atom is 0.331 e. The van der Waals surface area contributed by atoms with Crippen molar-refractivity contribution in [1.29, 1.82) is 0 Å². The van der Waals surface area contributed by atoms with Crippen molar-refractivity contribution in [3.8, 4) is 0 Å². The van der Waals surface area contributed by atoms with E-state index in [4.69, 9.17) is 16.6 Å². The Hall–Kier alpha value is -1.97. The number of aliphatic carboxylic acids is 1. The summed E-state index contributed by atoms with van der Waals surface area (Å²) in [5.74, 6) is -1.01. The number of hydrogen-bond donors (Lipinski definition) is 3. The second-order valence-electron chi connectivity index (χ2n) is 3.09. The monoisotopic (exact) mass is 192 g/mol. The molecule has 4 nitrogen and oxygen atoms in total. The topological polar surface area (TPSA) is 89.3 Å². The molecule has 0 unspecified atom stereocenters. The Bertz CT molecular complexity index is 365. The quantitative estimate of drug-likeness (QED) is 0.493. The second kappa shape index (κ2) is 3.83. The van der Waals surface area contributed by atoms with Crippen LogP contribution in [0, 0.1) is 0 Å². The number of anilines is 2. The van der Waals surface area contributed by atoms with Crippen LogP contribution in [0.15, 0.2) is 30.4 Å². The Kier molecular flexibility index (Phi) is 2.76. The van der Waals surface area contributed by atoms with Crippen LogP contribution in [0.2, 0.25) is 0 Å². The van der Waals surface area contributed by atoms with Gasteiger partial charge in [0, 0.05) is 23.4 Å². The first-order valence-corrected chi connectivity index (χ1v) is 4.05. The van der Waals surface area contributed by atoms with E-state index < -0.39 is 5.97 Å². The molecule has 0 atom stereocenters. The molecule has 0 fully saturated rings. The van der Waals surface area contributed by atoms with Crippen LogP contribution in [0.5, 0.6) is 0 Å². The Morgan fingerprint density at radius 2 is 1.79 bits per heavy atom. The molecule has 0 aromatic heterocycles. The lowest BCUT2D eigenvalue weighted by molar-refractivity contribution is -0.132. The van der Waals surface area contributed by atoms with Crippen LogP contribution in [0.25, 0.3) is 0 Å². The van der Waals surface area contributed by atoms with E-state index in [2.05, 4.69) is 6.58 Å². The molecule has 5 N–H and O–H groups in total. The SMILES string of the molecule is C=C(Cc1cc(N)cc(N)c1)C(=O)O. The number of carboxylic acid groups (broad SMARTS) is 1. The summed E-state index contributed by atoms with van der Waals surface area (Å²) in [6, 6.07) is 4.99. The van der Waals surface area contributed by atoms with Gasteiger partial charge in [0.25, 0.3) is 0 Å². The minimum atomic E-state index is -1.01. The summed E-state index contributed by atoms with van der Waals surface area (Å²) in [7, 11) is 0. The van der Waals surface area contributed by atoms with Crippen LogP contribution in [-0.2, 0) is 11.2 Å². The molecule has 0 spiro atoms. The highest BCUT2D eigenvalue weighted by Gasteiger charge is 2.05. The molecule has 14 heavy (non-hydrogen) atoms. The van der Waals surface area contributed by atoms with E-state index in [1.165, 1.54) is 0 Å². The molecule has 1 aromatic rings. The third-order valence-corrected chi connectivity index (χ3v) is 1.76. The van der Waals surface area contributed by atoms with Gasteiger partial charge in [-0.1, -0.05) is 6.58 Å². The highest BCUT2D eigenvalue weighted by Crippen LogP contribution is 2.16. The minimum absolute atomic E-state index is 0.120. The van der Waals surface area contributed by atoms with Gasteiger partial charge in [0.2, 0.25) is 0 Å². The molecular weight excluding hydrogens is 180 g/mol. The van der Waals surface area contributed by atoms with Gasteiger partial charge in [-0.3, -0.25) is 0 Å². The Morgan fingerprint density at radius 3 is 2.21 bits per heavy atom. The average Bonchev–Trinajstić information content (AvgIpc) is 2.01. The zero-order valence-electron chi connectivity index (χ0n) is 7.66. The molecule has 4 heteroatoms. The molecule has 0 aliphatic carbocycles. The van der Waals surface area contributed by atoms with Crippen molar-refractivity contribution in [3.63, 3.8) is 0 Å². The molecule has 74 valence electrons. The molecule has 0 radical (unpaired) electrons. The van der Waals surface area contributed by atoms with Gasteiger partial charge in [0.05, 0.1) is 0 Å². The lowest BCUT2D eigenvalue weighted by Gasteiger charge is -2.04. The summed E-state index contributed by atoms with van der Waals surface area (Å²) in [5, 5.41) is 8.62. The van der Waals surface area contributed by atoms with Crippen LogP contribution in [0.1, 0.15) is 5.56 Å². The average molecular weight is 192 g/mol. The molecule has 0 saturated carbocycles. The van der Waals surface area contributed by atoms with Gasteiger partial charge in [-0.25, -0.2) is 4.79 Å². The van der Waals surface area contributed by atoms with Crippen molar-refractivity contribution < 1.29 is 9.90 Å². The fourth-order valence-corrected chi connectivity index (χ4v) is 1.17. The Morgan fingerprint density at radius 1 is 1.29 bits per heavy atom. The zero-order chi connectivity index (χ0) is 10.7. The van der Waals surface area contributed by atoms with Crippen LogP contribution >= 0.6 is 0 Å². The number of nitrogen functional groups attached to an aromatic ring is 2. The minimum Gasteiger partial charge on any atom is -0.478 e. The summed E-state index contributed by atoms with van der Waals surface area (Å²) < 4.78 is 0. The number of carboxylic acids is 1. The third kappa shape index (κ3) is 2.52. The number of hydrogen-bond acceptors (Lipinski definition) is 3. The molecular formula is C10H12N2O2. The summed E-state index contributed by atoms with van der Waals surface area (Å²) in [5.41, 5.74) is 13.0. The fourth-order valence-electron chi connectivity index (χ4n) is 1.17. The van der Waals surface area contributed by atoms with Crippen molar-refractivity contribution in [2.75, 3.05) is 11.5 Å². The molecule has 0 saturated heterocycles. The van der Waals surface area contributed by atoms with Crippen LogP contribution in [0.3, 0.4) is 0 Å². The largest absolute Gasteiger partial charge is 0.478 e. The number of nitrogens with two attached hydrogens (primary N) is 2. The van der Waals surface area contributed by atoms with Crippen molar-refractivity contribution in [3.05, 3.63) is 35.9 Å². The van der Waals surface area contributed by atoms with E-state index in [-0.39, 0.29) is 12.0 Å². The maximum atomic E-state index is 10.5. The molecule has 0 amide bonds. The van der Waals surface area contributed by atoms with Gasteiger partial charge in [-0.05, 0) is 23.8 Å². The van der Waals surface area contributed by atoms with Crippen LogP contribution < -0.4 is 11.5 Å². The van der Waals surface area contributed by atoms with E-state index in [1.54, 1.807) is 18.2 Å². The molecule has 1 rings (SSSR count). The van der Waals surface area contributed by atoms with Gasteiger partial charge < -0.3 is 16.6 Å². The molecule has 1 aromatic carbocycles. The highest BCUT2D eigenvalue weighted by molar-refractivity contribution is 5.86. The molecule has 0 heterocycles. The van der Waals surface area contributed by atoms with Crippen molar-refractivity contribution in [2.24, 2.45) is 0 Å². The van der Waals surface area contributed by atoms with Gasteiger partial charge >= 0.3 is 5.97 Å². The molecule has 0 bridgehead atoms. The fraction of sp³-hybridized carbons (Fsp3) is 0.100. The lowest BCUT2D eigenvalue weighted by Crippen LogP contribution is -2.03. The third-order valence-electron chi connectivity index (χ3n) is 1.76. The first-order valence-electron chi connectivity index (χ1n) is 4.05. The first kappa shape index (κ1) is 10.1. The number of carbonyl (C=O) groups is 1. The second-order valence-corrected chi connectivity index (χ2v) is 3.09. The van der Waals surface area contributed by atoms with Crippen molar-refractivity contribution >= 4 is 17.3 Å². The standard InChI is InChI=1S/C10H12N2O2/c1-6(10(13)14)2-7-3-8(11)5-9(12)4-7/h3-5H,1-2,11-12H2,(H,13,14). The predicted molar refractivity (Wildman–Crippen MR) is 55.7 cm³/mol. The van der Waals surface area contributed by atoms with E-state index in [0.717, 1.165) is 5.56 Å². The Balaban J connectivity index is 2.87. The smallest absolute Gasteiger partial charge is 0.331 e. The zero-order valence-corrected chi connectivity index (χ0v) is 7.66. The van der Waals surface area contributed by atoms with Gasteiger partial charge in [0.1, 0.15) is 0 Å². The summed E-state index contributed by atoms with van der Waals surface area (Å²) in [6.07, 6.45) is 0.255. The first-order chi connectivity index (χ1) is 6.49. The predicted octanol–water partition coefficient (Wildman–Crippen LogP) is 1.03. The van der Waals surface area contributed by atoms with Crippen molar-refractivity contribution in [1.82, 2.24) is 0 Å². The summed E-state index contributed by atoms with van der Waals surface area (Å²) in [6.45, 7) is 3.43. The van der Waals surface area contributed by atoms with E-state index in [0.29, 0.717) is 11.4 Å². The lowest BCUT2D eigenvalue weighted by atomic mass is 10.1. The molecule has 0 aliphatic heterocycles.